The van der Waals surface area contributed by atoms with Crippen molar-refractivity contribution < 1.29 is 13.2 Å². The fourth-order valence-corrected chi connectivity index (χ4v) is 2.28. The lowest BCUT2D eigenvalue weighted by atomic mass is 10.0. The fraction of sp³-hybridized carbons (Fsp3) is 0.455. The van der Waals surface area contributed by atoms with E-state index in [4.69, 9.17) is 11.6 Å². The Labute approximate surface area is 114 Å². The average molecular weight is 301 g/mol. The van der Waals surface area contributed by atoms with Crippen molar-refractivity contribution in [2.75, 3.05) is 19.6 Å². The number of hydrogen-bond donors (Lipinski definition) is 2. The Kier molecular flexibility index (Phi) is 5.28. The molecule has 1 aromatic carbocycles. The Balaban J connectivity index is 0.00000162. The third kappa shape index (κ3) is 3.29. The molecule has 0 aromatic heterocycles. The number of hydrogen-bond acceptors (Lipinski definition) is 2. The molecule has 0 spiro atoms. The standard InChI is InChI=1S/C11H12ClF3N2.ClH/c12-10-7(9-6-16-4-5-17-9)2-1-3-8(10)11(13,14)15;/h1-3,9,16-17H,4-6H2;1H/t9-;/m1./s1. The average Bonchev–Trinajstić information content (AvgIpc) is 2.29. The lowest BCUT2D eigenvalue weighted by Crippen LogP contribution is -2.42. The van der Waals surface area contributed by atoms with Gasteiger partial charge < -0.3 is 10.6 Å². The van der Waals surface area contributed by atoms with Gasteiger partial charge in [0, 0.05) is 25.7 Å². The SMILES string of the molecule is Cl.FC(F)(F)c1cccc([C@H]2CNCCN2)c1Cl. The number of benzene rings is 1. The van der Waals surface area contributed by atoms with Gasteiger partial charge in [-0.25, -0.2) is 0 Å². The van der Waals surface area contributed by atoms with Gasteiger partial charge in [-0.05, 0) is 11.6 Å². The maximum Gasteiger partial charge on any atom is 0.417 e. The Hall–Kier alpha value is -0.490. The van der Waals surface area contributed by atoms with Crippen LogP contribution in [0.4, 0.5) is 13.2 Å². The molecule has 0 radical (unpaired) electrons. The van der Waals surface area contributed by atoms with E-state index in [9.17, 15) is 13.2 Å². The van der Waals surface area contributed by atoms with Gasteiger partial charge in [-0.15, -0.1) is 12.4 Å². The third-order valence-corrected chi connectivity index (χ3v) is 3.17. The molecule has 0 unspecified atom stereocenters. The molecule has 7 heteroatoms. The molecule has 102 valence electrons. The maximum absolute atomic E-state index is 12.7. The molecule has 1 aliphatic heterocycles. The Morgan fingerprint density at radius 2 is 1.94 bits per heavy atom. The quantitative estimate of drug-likeness (QED) is 0.833. The van der Waals surface area contributed by atoms with Crippen molar-refractivity contribution in [2.24, 2.45) is 0 Å². The Morgan fingerprint density at radius 3 is 2.50 bits per heavy atom. The van der Waals surface area contributed by atoms with E-state index in [1.807, 2.05) is 0 Å². The van der Waals surface area contributed by atoms with E-state index in [0.29, 0.717) is 12.1 Å². The van der Waals surface area contributed by atoms with Crippen LogP contribution >= 0.6 is 24.0 Å². The van der Waals surface area contributed by atoms with Crippen molar-refractivity contribution in [3.05, 3.63) is 34.3 Å². The third-order valence-electron chi connectivity index (χ3n) is 2.75. The van der Waals surface area contributed by atoms with E-state index in [-0.39, 0.29) is 23.5 Å². The highest BCUT2D eigenvalue weighted by atomic mass is 35.5. The predicted octanol–water partition coefficient (Wildman–Crippen LogP) is 3.01. The van der Waals surface area contributed by atoms with Crippen LogP contribution in [0.1, 0.15) is 17.2 Å². The molecule has 2 nitrogen and oxygen atoms in total. The molecule has 1 aromatic rings. The Bertz CT molecular complexity index is 404. The molecule has 0 aliphatic carbocycles. The summed E-state index contributed by atoms with van der Waals surface area (Å²) in [6.07, 6.45) is -4.41. The number of rotatable bonds is 1. The van der Waals surface area contributed by atoms with Crippen LogP contribution in [0.5, 0.6) is 0 Å². The van der Waals surface area contributed by atoms with Gasteiger partial charge >= 0.3 is 6.18 Å². The zero-order valence-corrected chi connectivity index (χ0v) is 10.9. The van der Waals surface area contributed by atoms with E-state index >= 15 is 0 Å². The zero-order valence-electron chi connectivity index (χ0n) is 9.35. The van der Waals surface area contributed by atoms with Crippen LogP contribution < -0.4 is 10.6 Å². The van der Waals surface area contributed by atoms with Crippen LogP contribution in [0.15, 0.2) is 18.2 Å². The molecule has 2 rings (SSSR count). The monoisotopic (exact) mass is 300 g/mol. The maximum atomic E-state index is 12.7. The van der Waals surface area contributed by atoms with Gasteiger partial charge in [0.25, 0.3) is 0 Å². The minimum atomic E-state index is -4.41. The highest BCUT2D eigenvalue weighted by Gasteiger charge is 2.34. The van der Waals surface area contributed by atoms with Crippen LogP contribution in [0.3, 0.4) is 0 Å². The van der Waals surface area contributed by atoms with Crippen LogP contribution in [0.2, 0.25) is 5.02 Å². The molecular formula is C11H13Cl2F3N2. The summed E-state index contributed by atoms with van der Waals surface area (Å²) in [5, 5.41) is 6.05. The number of alkyl halides is 3. The van der Waals surface area contributed by atoms with Crippen LogP contribution in [-0.4, -0.2) is 19.6 Å². The summed E-state index contributed by atoms with van der Waals surface area (Å²) in [6, 6.07) is 3.85. The van der Waals surface area contributed by atoms with Crippen LogP contribution in [-0.2, 0) is 6.18 Å². The van der Waals surface area contributed by atoms with E-state index in [1.165, 1.54) is 6.07 Å². The molecular weight excluding hydrogens is 288 g/mol. The van der Waals surface area contributed by atoms with Gasteiger partial charge in [0.2, 0.25) is 0 Å². The van der Waals surface area contributed by atoms with Crippen molar-refractivity contribution >= 4 is 24.0 Å². The summed E-state index contributed by atoms with van der Waals surface area (Å²) in [5.74, 6) is 0. The molecule has 0 saturated carbocycles. The van der Waals surface area contributed by atoms with E-state index in [2.05, 4.69) is 10.6 Å². The summed E-state index contributed by atoms with van der Waals surface area (Å²) < 4.78 is 38.0. The minimum Gasteiger partial charge on any atom is -0.314 e. The first-order chi connectivity index (χ1) is 8.00. The van der Waals surface area contributed by atoms with Crippen molar-refractivity contribution in [1.29, 1.82) is 0 Å². The molecule has 1 fully saturated rings. The van der Waals surface area contributed by atoms with Gasteiger partial charge in [0.1, 0.15) is 0 Å². The first-order valence-electron chi connectivity index (χ1n) is 5.30. The summed E-state index contributed by atoms with van der Waals surface area (Å²) in [7, 11) is 0. The predicted molar refractivity (Wildman–Crippen MR) is 67.3 cm³/mol. The normalized spacial score (nSPS) is 20.3. The van der Waals surface area contributed by atoms with Crippen LogP contribution in [0.25, 0.3) is 0 Å². The second kappa shape index (κ2) is 6.10. The van der Waals surface area contributed by atoms with Crippen molar-refractivity contribution in [2.45, 2.75) is 12.2 Å². The largest absolute Gasteiger partial charge is 0.417 e. The van der Waals surface area contributed by atoms with Crippen LogP contribution in [0, 0.1) is 0 Å². The summed E-state index contributed by atoms with van der Waals surface area (Å²) >= 11 is 5.84. The summed E-state index contributed by atoms with van der Waals surface area (Å²) in [4.78, 5) is 0. The van der Waals surface area contributed by atoms with E-state index < -0.39 is 11.7 Å². The molecule has 0 amide bonds. The van der Waals surface area contributed by atoms with Gasteiger partial charge in [0.15, 0.2) is 0 Å². The second-order valence-electron chi connectivity index (χ2n) is 3.92. The smallest absolute Gasteiger partial charge is 0.314 e. The molecule has 0 bridgehead atoms. The van der Waals surface area contributed by atoms with Crippen molar-refractivity contribution in [1.82, 2.24) is 10.6 Å². The highest BCUT2D eigenvalue weighted by molar-refractivity contribution is 6.32. The first-order valence-corrected chi connectivity index (χ1v) is 5.67. The molecule has 1 heterocycles. The minimum absolute atomic E-state index is 0. The van der Waals surface area contributed by atoms with Crippen molar-refractivity contribution in [3.63, 3.8) is 0 Å². The highest BCUT2D eigenvalue weighted by Crippen LogP contribution is 2.37. The Morgan fingerprint density at radius 1 is 1.22 bits per heavy atom. The topological polar surface area (TPSA) is 24.1 Å². The van der Waals surface area contributed by atoms with E-state index in [1.54, 1.807) is 6.07 Å². The van der Waals surface area contributed by atoms with Gasteiger partial charge in [-0.3, -0.25) is 0 Å². The van der Waals surface area contributed by atoms with Gasteiger partial charge in [-0.1, -0.05) is 23.7 Å². The van der Waals surface area contributed by atoms with Gasteiger partial charge in [-0.2, -0.15) is 13.2 Å². The second-order valence-corrected chi connectivity index (χ2v) is 4.30. The zero-order chi connectivity index (χ0) is 12.5. The lowest BCUT2D eigenvalue weighted by Gasteiger charge is -2.26. The number of piperazine rings is 1. The molecule has 1 aliphatic rings. The molecule has 1 saturated heterocycles. The van der Waals surface area contributed by atoms with E-state index in [0.717, 1.165) is 19.2 Å². The summed E-state index contributed by atoms with van der Waals surface area (Å²) in [5.41, 5.74) is -0.280. The molecule has 2 N–H and O–H groups in total. The number of halogens is 5. The first kappa shape index (κ1) is 15.6. The summed E-state index contributed by atoms with van der Waals surface area (Å²) in [6.45, 7) is 2.12. The molecule has 18 heavy (non-hydrogen) atoms. The number of nitrogens with one attached hydrogen (secondary N) is 2. The molecule has 1 atom stereocenters. The van der Waals surface area contributed by atoms with Gasteiger partial charge in [0.05, 0.1) is 10.6 Å². The van der Waals surface area contributed by atoms with Crippen molar-refractivity contribution in [3.8, 4) is 0 Å². The fourth-order valence-electron chi connectivity index (χ4n) is 1.91. The lowest BCUT2D eigenvalue weighted by molar-refractivity contribution is -0.137.